The minimum Gasteiger partial charge on any atom is -0.454 e. The highest BCUT2D eigenvalue weighted by Crippen LogP contribution is 2.41. The van der Waals surface area contributed by atoms with Crippen LogP contribution >= 0.6 is 0 Å². The van der Waals surface area contributed by atoms with Crippen molar-refractivity contribution in [2.24, 2.45) is 0 Å². The Morgan fingerprint density at radius 1 is 1.09 bits per heavy atom. The molecule has 0 bridgehead atoms. The van der Waals surface area contributed by atoms with Crippen molar-refractivity contribution < 1.29 is 5.79 Å². The largest absolute Gasteiger partial charge is 0.454 e. The first kappa shape index (κ1) is 13.1. The highest BCUT2D eigenvalue weighted by atomic mass is 16.3. The van der Waals surface area contributed by atoms with E-state index in [1.807, 2.05) is 54.2 Å². The molecule has 23 heavy (non-hydrogen) atoms. The van der Waals surface area contributed by atoms with Crippen molar-refractivity contribution in [3.05, 3.63) is 67.5 Å². The zero-order valence-corrected chi connectivity index (χ0v) is 13.6. The first-order chi connectivity index (χ1) is 11.4. The monoisotopic (exact) mass is 305 g/mol. The molecule has 3 nitrogen and oxygen atoms in total. The van der Waals surface area contributed by atoms with Crippen LogP contribution in [0, 0.1) is 20.0 Å². The van der Waals surface area contributed by atoms with Gasteiger partial charge in [0.05, 0.1) is 7.06 Å². The Morgan fingerprint density at radius 2 is 1.87 bits per heavy atom. The van der Waals surface area contributed by atoms with E-state index in [0.717, 1.165) is 39.4 Å². The molecule has 0 aliphatic carbocycles. The van der Waals surface area contributed by atoms with Gasteiger partial charge in [-0.15, -0.1) is 0 Å². The van der Waals surface area contributed by atoms with Gasteiger partial charge >= 0.3 is 0 Å². The number of fused-ring (bicyclic) bond motifs is 3. The Morgan fingerprint density at radius 3 is 2.61 bits per heavy atom. The fourth-order valence-corrected chi connectivity index (χ4v) is 3.20. The van der Waals surface area contributed by atoms with E-state index in [4.69, 9.17) is 5.79 Å². The predicted octanol–water partition coefficient (Wildman–Crippen LogP) is 5.22. The molecule has 116 valence electrons. The van der Waals surface area contributed by atoms with Gasteiger partial charge in [-0.05, 0) is 39.3 Å². The zero-order chi connectivity index (χ0) is 17.1. The maximum absolute atomic E-state index is 8.28. The second-order valence-electron chi connectivity index (χ2n) is 6.11. The number of hydrogen-bond acceptors (Lipinski definition) is 3. The molecule has 2 heterocycles. The molecular weight excluding hydrogens is 284 g/mol. The summed E-state index contributed by atoms with van der Waals surface area (Å²) in [4.78, 5) is 3.87. The molecule has 2 aromatic carbocycles. The SMILES string of the molecule is [2H]C(C)(C)N1C=CN(c2c(C)ccc3c2oc2ccccc23)[C]1[CH2]. The van der Waals surface area contributed by atoms with Gasteiger partial charge in [0.25, 0.3) is 0 Å². The van der Waals surface area contributed by atoms with Crippen molar-refractivity contribution in [1.82, 2.24) is 4.90 Å². The van der Waals surface area contributed by atoms with Crippen molar-refractivity contribution in [1.29, 1.82) is 0 Å². The van der Waals surface area contributed by atoms with Crippen LogP contribution in [0.5, 0.6) is 0 Å². The molecule has 0 unspecified atom stereocenters. The molecule has 2 radical (unpaired) electrons. The summed E-state index contributed by atoms with van der Waals surface area (Å²) in [6.07, 6.45) is 4.61. The molecule has 1 aliphatic rings. The van der Waals surface area contributed by atoms with Gasteiger partial charge in [-0.2, -0.15) is 0 Å². The Hall–Kier alpha value is -2.42. The van der Waals surface area contributed by atoms with Gasteiger partial charge in [0.15, 0.2) is 11.7 Å². The van der Waals surface area contributed by atoms with Crippen LogP contribution in [0.2, 0.25) is 0 Å². The van der Waals surface area contributed by atoms with E-state index >= 15 is 0 Å². The maximum Gasteiger partial charge on any atom is 0.160 e. The summed E-state index contributed by atoms with van der Waals surface area (Å²) in [6.45, 7) is 9.95. The Balaban J connectivity index is 1.91. The lowest BCUT2D eigenvalue weighted by Gasteiger charge is -2.31. The second kappa shape index (κ2) is 5.05. The maximum atomic E-state index is 8.28. The van der Waals surface area contributed by atoms with Gasteiger partial charge in [-0.3, -0.25) is 0 Å². The zero-order valence-electron chi connectivity index (χ0n) is 14.6. The quantitative estimate of drug-likeness (QED) is 0.647. The summed E-state index contributed by atoms with van der Waals surface area (Å²) < 4.78 is 14.4. The van der Waals surface area contributed by atoms with Crippen LogP contribution in [0.3, 0.4) is 0 Å². The van der Waals surface area contributed by atoms with E-state index in [2.05, 4.69) is 32.0 Å². The van der Waals surface area contributed by atoms with Crippen molar-refractivity contribution >= 4 is 27.6 Å². The third-order valence-electron chi connectivity index (χ3n) is 4.37. The standard InChI is InChI=1S/C20H20N2O/c1-13(2)21-11-12-22(15(21)4)19-14(3)9-10-17-16-7-5-6-8-18(16)23-20(17)19/h5-13H,4H2,1-3H3/i13D. The highest BCUT2D eigenvalue weighted by molar-refractivity contribution is 6.09. The van der Waals surface area contributed by atoms with Crippen LogP contribution in [0.4, 0.5) is 5.69 Å². The molecule has 3 aromatic rings. The van der Waals surface area contributed by atoms with Gasteiger partial charge in [-0.1, -0.05) is 30.3 Å². The first-order valence-electron chi connectivity index (χ1n) is 8.24. The van der Waals surface area contributed by atoms with Gasteiger partial charge in [0.2, 0.25) is 0 Å². The van der Waals surface area contributed by atoms with Crippen molar-refractivity contribution in [2.75, 3.05) is 4.90 Å². The average molecular weight is 305 g/mol. The van der Waals surface area contributed by atoms with Crippen molar-refractivity contribution in [3.63, 3.8) is 0 Å². The van der Waals surface area contributed by atoms with E-state index in [9.17, 15) is 0 Å². The minimum atomic E-state index is -0.766. The number of nitrogens with zero attached hydrogens (tertiary/aromatic N) is 2. The molecule has 1 aromatic heterocycles. The fourth-order valence-electron chi connectivity index (χ4n) is 3.20. The Bertz CT molecular complexity index is 951. The first-order valence-corrected chi connectivity index (χ1v) is 7.74. The molecule has 0 fully saturated rings. The van der Waals surface area contributed by atoms with Crippen LogP contribution in [0.1, 0.15) is 20.8 Å². The summed E-state index contributed by atoms with van der Waals surface area (Å²) in [7, 11) is 0. The van der Waals surface area contributed by atoms with E-state index in [1.165, 1.54) is 0 Å². The highest BCUT2D eigenvalue weighted by Gasteiger charge is 2.29. The van der Waals surface area contributed by atoms with Gasteiger partial charge < -0.3 is 14.2 Å². The number of hydrogen-bond donors (Lipinski definition) is 0. The molecule has 0 saturated carbocycles. The van der Waals surface area contributed by atoms with E-state index in [0.29, 0.717) is 0 Å². The van der Waals surface area contributed by atoms with E-state index < -0.39 is 6.02 Å². The van der Waals surface area contributed by atoms with E-state index in [1.54, 1.807) is 0 Å². The summed E-state index contributed by atoms with van der Waals surface area (Å²) in [5.74, 6) is 0. The van der Waals surface area contributed by atoms with Crippen molar-refractivity contribution in [3.8, 4) is 0 Å². The summed E-state index contributed by atoms with van der Waals surface area (Å²) >= 11 is 0. The number of rotatable bonds is 2. The van der Waals surface area contributed by atoms with Crippen LogP contribution in [-0.2, 0) is 0 Å². The molecule has 3 heteroatoms. The minimum absolute atomic E-state index is 0.756. The molecule has 1 aliphatic heterocycles. The normalized spacial score (nSPS) is 16.8. The summed E-state index contributed by atoms with van der Waals surface area (Å²) in [5.41, 5.74) is 3.83. The van der Waals surface area contributed by atoms with Crippen LogP contribution in [0.25, 0.3) is 21.9 Å². The average Bonchev–Trinajstić information content (AvgIpc) is 3.07. The number of para-hydroxylation sites is 1. The van der Waals surface area contributed by atoms with Gasteiger partial charge in [-0.25, -0.2) is 0 Å². The predicted molar refractivity (Wildman–Crippen MR) is 95.7 cm³/mol. The van der Waals surface area contributed by atoms with E-state index in [-0.39, 0.29) is 0 Å². The number of furan rings is 1. The Labute approximate surface area is 138 Å². The molecular formula is C20H20N2O. The van der Waals surface area contributed by atoms with Crippen molar-refractivity contribution in [2.45, 2.75) is 26.8 Å². The molecule has 0 saturated heterocycles. The molecule has 0 N–H and O–H groups in total. The molecule has 4 rings (SSSR count). The number of anilines is 1. The summed E-state index contributed by atoms with van der Waals surface area (Å²) in [5, 5.41) is 2.20. The molecule has 0 spiro atoms. The lowest BCUT2D eigenvalue weighted by Crippen LogP contribution is -2.33. The number of aryl methyl sites for hydroxylation is 1. The molecule has 0 amide bonds. The Kier molecular flexibility index (Phi) is 2.87. The molecule has 0 atom stereocenters. The smallest absolute Gasteiger partial charge is 0.160 e. The lowest BCUT2D eigenvalue weighted by atomic mass is 10.1. The van der Waals surface area contributed by atoms with Crippen LogP contribution in [-0.4, -0.2) is 10.9 Å². The number of benzene rings is 2. The van der Waals surface area contributed by atoms with Gasteiger partial charge in [0, 0.05) is 29.2 Å². The van der Waals surface area contributed by atoms with Gasteiger partial charge in [0.1, 0.15) is 5.58 Å². The lowest BCUT2D eigenvalue weighted by molar-refractivity contribution is 0.353. The van der Waals surface area contributed by atoms with Crippen LogP contribution in [0.15, 0.2) is 53.2 Å². The fraction of sp³-hybridized carbons (Fsp3) is 0.200. The van der Waals surface area contributed by atoms with Crippen LogP contribution < -0.4 is 4.90 Å². The topological polar surface area (TPSA) is 19.6 Å². The summed E-state index contributed by atoms with van der Waals surface area (Å²) in [6, 6.07) is 11.5. The second-order valence-corrected chi connectivity index (χ2v) is 6.11. The third-order valence-corrected chi connectivity index (χ3v) is 4.37. The third kappa shape index (κ3) is 2.03.